The van der Waals surface area contributed by atoms with Gasteiger partial charge in [-0.05, 0) is 95.3 Å². The summed E-state index contributed by atoms with van der Waals surface area (Å²) in [5.74, 6) is 0. The third-order valence-corrected chi connectivity index (χ3v) is 12.2. The van der Waals surface area contributed by atoms with Crippen LogP contribution in [0.25, 0.3) is 0 Å². The molecular weight excluding hydrogens is 619 g/mol. The maximum Gasteiger partial charge on any atom is 0.501 e. The maximum atomic E-state index is 10.5. The summed E-state index contributed by atoms with van der Waals surface area (Å²) in [4.78, 5) is 2.41. The Labute approximate surface area is 300 Å². The molecule has 0 spiro atoms. The zero-order chi connectivity index (χ0) is 36.7. The molecule has 0 aromatic heterocycles. The molecule has 0 saturated carbocycles. The van der Waals surface area contributed by atoms with Gasteiger partial charge in [0.1, 0.15) is 0 Å². The van der Waals surface area contributed by atoms with Crippen LogP contribution in [0, 0.1) is 0 Å². The second-order valence-electron chi connectivity index (χ2n) is 17.2. The molecule has 0 amide bonds. The van der Waals surface area contributed by atoms with Crippen LogP contribution in [0.2, 0.25) is 6.04 Å². The number of unbranched alkanes of at least 4 members (excludes halogenated alkanes) is 15. The van der Waals surface area contributed by atoms with Crippen molar-refractivity contribution in [2.45, 2.75) is 239 Å². The zero-order valence-corrected chi connectivity index (χ0v) is 35.0. The Morgan fingerprint density at radius 1 is 0.479 bits per heavy atom. The summed E-state index contributed by atoms with van der Waals surface area (Å²) < 4.78 is 20.1. The van der Waals surface area contributed by atoms with Gasteiger partial charge in [-0.3, -0.25) is 0 Å². The number of hydrogen-bond donors (Lipinski definition) is 3. The van der Waals surface area contributed by atoms with E-state index in [1.54, 1.807) is 41.5 Å². The molecule has 0 aliphatic heterocycles. The largest absolute Gasteiger partial charge is 0.501 e. The molecule has 0 rings (SSSR count). The molecule has 0 saturated heterocycles. The molecule has 8 heteroatoms. The number of rotatable bonds is 33. The van der Waals surface area contributed by atoms with E-state index in [9.17, 15) is 15.3 Å². The molecule has 290 valence electrons. The van der Waals surface area contributed by atoms with Gasteiger partial charge in [0.25, 0.3) is 0 Å². The highest BCUT2D eigenvalue weighted by atomic mass is 28.4. The van der Waals surface area contributed by atoms with Gasteiger partial charge in [0.15, 0.2) is 0 Å². The van der Waals surface area contributed by atoms with E-state index in [2.05, 4.69) is 18.9 Å². The fourth-order valence-corrected chi connectivity index (χ4v) is 10.2. The van der Waals surface area contributed by atoms with E-state index in [1.165, 1.54) is 103 Å². The Balaban J connectivity index is 4.80. The van der Waals surface area contributed by atoms with Gasteiger partial charge in [0.2, 0.25) is 0 Å². The second-order valence-corrected chi connectivity index (χ2v) is 19.8. The normalized spacial score (nSPS) is 16.3. The van der Waals surface area contributed by atoms with Gasteiger partial charge in [-0.2, -0.15) is 0 Å². The first-order chi connectivity index (χ1) is 22.3. The Bertz CT molecular complexity index is 688. The van der Waals surface area contributed by atoms with Gasteiger partial charge >= 0.3 is 8.80 Å². The van der Waals surface area contributed by atoms with Crippen LogP contribution in [0.1, 0.15) is 198 Å². The van der Waals surface area contributed by atoms with Gasteiger partial charge in [-0.25, -0.2) is 0 Å². The number of nitrogens with zero attached hydrogens (tertiary/aromatic N) is 1. The molecule has 0 aromatic carbocycles. The summed E-state index contributed by atoms with van der Waals surface area (Å²) in [6, 6.07) is 0.638. The highest BCUT2D eigenvalue weighted by Crippen LogP contribution is 2.30. The first-order valence-corrected chi connectivity index (χ1v) is 22.1. The Hall–Kier alpha value is -0.0631. The first-order valence-electron chi connectivity index (χ1n) is 20.1. The average Bonchev–Trinajstić information content (AvgIpc) is 2.89. The summed E-state index contributed by atoms with van der Waals surface area (Å²) >= 11 is 0. The summed E-state index contributed by atoms with van der Waals surface area (Å²) in [6.07, 6.45) is 23.5. The minimum Gasteiger partial charge on any atom is -0.390 e. The monoisotopic (exact) mass is 704 g/mol. The predicted octanol–water partition coefficient (Wildman–Crippen LogP) is 10.2. The average molecular weight is 704 g/mol. The fourth-order valence-electron chi connectivity index (χ4n) is 7.02. The van der Waals surface area contributed by atoms with Crippen LogP contribution in [-0.4, -0.2) is 84.3 Å². The lowest BCUT2D eigenvalue weighted by Gasteiger charge is -2.39. The standard InChI is InChI=1S/C40H85NO6Si/c1-12-13-14-15-16-17-18-19-20-21-22-23-24-25-26-27-29-41(11)30-28-31-48(45-35(2)32-38(5,6)42,46-36(3)33-39(7,8)43)47-37(4)34-40(9,10)44/h35-37,42-44H,12-34H2,1-11H3. The summed E-state index contributed by atoms with van der Waals surface area (Å²) in [5, 5.41) is 31.6. The van der Waals surface area contributed by atoms with Crippen molar-refractivity contribution >= 4 is 8.80 Å². The molecule has 3 N–H and O–H groups in total. The summed E-state index contributed by atoms with van der Waals surface area (Å²) in [7, 11) is -1.09. The molecule has 0 aromatic rings. The van der Waals surface area contributed by atoms with E-state index in [0.717, 1.165) is 19.5 Å². The van der Waals surface area contributed by atoms with Crippen molar-refractivity contribution in [3.8, 4) is 0 Å². The fraction of sp³-hybridized carbons (Fsp3) is 1.00. The molecule has 0 fully saturated rings. The van der Waals surface area contributed by atoms with E-state index in [-0.39, 0.29) is 18.3 Å². The smallest absolute Gasteiger partial charge is 0.390 e. The molecule has 7 nitrogen and oxygen atoms in total. The van der Waals surface area contributed by atoms with Gasteiger partial charge in [-0.15, -0.1) is 0 Å². The van der Waals surface area contributed by atoms with E-state index < -0.39 is 25.6 Å². The van der Waals surface area contributed by atoms with Crippen LogP contribution in [0.5, 0.6) is 0 Å². The molecule has 0 radical (unpaired) electrons. The van der Waals surface area contributed by atoms with E-state index in [0.29, 0.717) is 25.3 Å². The zero-order valence-electron chi connectivity index (χ0n) is 34.0. The van der Waals surface area contributed by atoms with Crippen molar-refractivity contribution in [1.82, 2.24) is 4.90 Å². The lowest BCUT2D eigenvalue weighted by atomic mass is 10.0. The van der Waals surface area contributed by atoms with Crippen LogP contribution in [-0.2, 0) is 13.3 Å². The predicted molar refractivity (Wildman–Crippen MR) is 207 cm³/mol. The molecule has 0 aliphatic carbocycles. The van der Waals surface area contributed by atoms with E-state index in [4.69, 9.17) is 13.3 Å². The van der Waals surface area contributed by atoms with E-state index >= 15 is 0 Å². The third-order valence-electron chi connectivity index (χ3n) is 8.92. The van der Waals surface area contributed by atoms with E-state index in [1.807, 2.05) is 20.8 Å². The SMILES string of the molecule is CCCCCCCCCCCCCCCCCCN(C)CCC[Si](OC(C)CC(C)(C)O)(OC(C)CC(C)(C)O)OC(C)CC(C)(C)O. The maximum absolute atomic E-state index is 10.5. The quantitative estimate of drug-likeness (QED) is 0.0463. The van der Waals surface area contributed by atoms with Crippen molar-refractivity contribution in [2.75, 3.05) is 20.1 Å². The van der Waals surface area contributed by atoms with Gasteiger partial charge in [0, 0.05) is 43.6 Å². The summed E-state index contributed by atoms with van der Waals surface area (Å²) in [5.41, 5.74) is -2.65. The minimum absolute atomic E-state index is 0.275. The Morgan fingerprint density at radius 3 is 1.04 bits per heavy atom. The Morgan fingerprint density at radius 2 is 0.750 bits per heavy atom. The molecule has 3 atom stereocenters. The lowest BCUT2D eigenvalue weighted by Crippen LogP contribution is -2.53. The molecule has 3 unspecified atom stereocenters. The highest BCUT2D eigenvalue weighted by molar-refractivity contribution is 6.60. The van der Waals surface area contributed by atoms with Gasteiger partial charge in [0.05, 0.1) is 16.8 Å². The number of aliphatic hydroxyl groups is 3. The second kappa shape index (κ2) is 25.8. The molecule has 0 aliphatic rings. The van der Waals surface area contributed by atoms with Crippen LogP contribution in [0.3, 0.4) is 0 Å². The van der Waals surface area contributed by atoms with Crippen molar-refractivity contribution in [2.24, 2.45) is 0 Å². The third kappa shape index (κ3) is 30.7. The molecular formula is C40H85NO6Si. The van der Waals surface area contributed by atoms with Crippen LogP contribution >= 0.6 is 0 Å². The van der Waals surface area contributed by atoms with Gasteiger partial charge in [-0.1, -0.05) is 103 Å². The molecule has 0 heterocycles. The molecule has 0 bridgehead atoms. The lowest BCUT2D eigenvalue weighted by molar-refractivity contribution is -0.0575. The van der Waals surface area contributed by atoms with Crippen molar-refractivity contribution in [3.05, 3.63) is 0 Å². The van der Waals surface area contributed by atoms with Crippen LogP contribution < -0.4 is 0 Å². The highest BCUT2D eigenvalue weighted by Gasteiger charge is 2.46. The van der Waals surface area contributed by atoms with Crippen molar-refractivity contribution < 1.29 is 28.6 Å². The first kappa shape index (κ1) is 47.9. The van der Waals surface area contributed by atoms with Crippen LogP contribution in [0.15, 0.2) is 0 Å². The summed E-state index contributed by atoms with van der Waals surface area (Å²) in [6.45, 7) is 20.9. The molecule has 48 heavy (non-hydrogen) atoms. The van der Waals surface area contributed by atoms with Crippen molar-refractivity contribution in [3.63, 3.8) is 0 Å². The minimum atomic E-state index is -3.29. The van der Waals surface area contributed by atoms with Gasteiger partial charge < -0.3 is 33.5 Å². The Kier molecular flexibility index (Phi) is 25.8. The van der Waals surface area contributed by atoms with Crippen LogP contribution in [0.4, 0.5) is 0 Å². The number of hydrogen-bond acceptors (Lipinski definition) is 7. The topological polar surface area (TPSA) is 91.6 Å². The van der Waals surface area contributed by atoms with Crippen molar-refractivity contribution in [1.29, 1.82) is 0 Å².